The highest BCUT2D eigenvalue weighted by molar-refractivity contribution is 6.23. The van der Waals surface area contributed by atoms with E-state index in [9.17, 15) is 19.2 Å². The van der Waals surface area contributed by atoms with Gasteiger partial charge in [0.25, 0.3) is 11.8 Å². The van der Waals surface area contributed by atoms with E-state index in [4.69, 9.17) is 4.74 Å². The first kappa shape index (κ1) is 19.1. The number of ether oxygens (including phenoxy) is 1. The third-order valence-corrected chi connectivity index (χ3v) is 5.18. The number of hydrogen-bond acceptors (Lipinski definition) is 7. The largest absolute Gasteiger partial charge is 0.493 e. The lowest BCUT2D eigenvalue weighted by Crippen LogP contribution is -2.54. The van der Waals surface area contributed by atoms with Crippen LogP contribution in [0.15, 0.2) is 30.2 Å². The Bertz CT molecular complexity index is 925. The molecular weight excluding hydrogens is 376 g/mol. The number of carbonyl (C=O) groups excluding carboxylic acids is 4. The molecule has 0 spiro atoms. The van der Waals surface area contributed by atoms with Crippen LogP contribution in [0, 0.1) is 0 Å². The number of nitrogens with one attached hydrogen (secondary N) is 2. The summed E-state index contributed by atoms with van der Waals surface area (Å²) in [6.45, 7) is 2.59. The van der Waals surface area contributed by atoms with Crippen LogP contribution in [-0.4, -0.2) is 66.2 Å². The zero-order valence-corrected chi connectivity index (χ0v) is 16.1. The Labute approximate surface area is 167 Å². The first-order chi connectivity index (χ1) is 13.9. The van der Waals surface area contributed by atoms with E-state index in [2.05, 4.69) is 10.6 Å². The normalized spacial score (nSPS) is 21.5. The SMILES string of the molecule is CN(CC1=CNCCO1)Cc1ccc2c(c1)C(=O)N(C1CCC(=O)NC1=O)C2=O. The lowest BCUT2D eigenvalue weighted by molar-refractivity contribution is -0.136. The number of nitrogens with zero attached hydrogens (tertiary/aromatic N) is 2. The predicted molar refractivity (Wildman–Crippen MR) is 101 cm³/mol. The van der Waals surface area contributed by atoms with Gasteiger partial charge in [-0.15, -0.1) is 0 Å². The minimum absolute atomic E-state index is 0.104. The number of rotatable bonds is 5. The van der Waals surface area contributed by atoms with Gasteiger partial charge < -0.3 is 10.1 Å². The van der Waals surface area contributed by atoms with Gasteiger partial charge in [-0.05, 0) is 31.2 Å². The van der Waals surface area contributed by atoms with Crippen molar-refractivity contribution in [3.05, 3.63) is 46.8 Å². The maximum atomic E-state index is 12.9. The van der Waals surface area contributed by atoms with Gasteiger partial charge in [-0.25, -0.2) is 0 Å². The van der Waals surface area contributed by atoms with Gasteiger partial charge in [0, 0.05) is 25.7 Å². The van der Waals surface area contributed by atoms with Crippen LogP contribution in [0.5, 0.6) is 0 Å². The lowest BCUT2D eigenvalue weighted by atomic mass is 10.0. The summed E-state index contributed by atoms with van der Waals surface area (Å²) in [5, 5.41) is 5.33. The number of benzene rings is 1. The van der Waals surface area contributed by atoms with Gasteiger partial charge in [0.2, 0.25) is 11.8 Å². The molecule has 0 radical (unpaired) electrons. The van der Waals surface area contributed by atoms with E-state index in [0.29, 0.717) is 25.3 Å². The van der Waals surface area contributed by atoms with Crippen molar-refractivity contribution in [3.8, 4) is 0 Å². The second-order valence-corrected chi connectivity index (χ2v) is 7.41. The standard InChI is InChI=1S/C20H22N4O5/c1-23(11-13-9-21-6-7-29-13)10-12-2-3-14-15(8-12)20(28)24(19(14)27)16-4-5-17(25)22-18(16)26/h2-3,8-9,16,21H,4-7,10-11H2,1H3,(H,22,25,26). The number of piperidine rings is 1. The molecule has 3 aliphatic heterocycles. The van der Waals surface area contributed by atoms with Crippen LogP contribution in [0.3, 0.4) is 0 Å². The van der Waals surface area contributed by atoms with Crippen molar-refractivity contribution < 1.29 is 23.9 Å². The smallest absolute Gasteiger partial charge is 0.262 e. The topological polar surface area (TPSA) is 108 Å². The lowest BCUT2D eigenvalue weighted by Gasteiger charge is -2.27. The number of carbonyl (C=O) groups is 4. The molecule has 0 bridgehead atoms. The number of hydrogen-bond donors (Lipinski definition) is 2. The summed E-state index contributed by atoms with van der Waals surface area (Å²) >= 11 is 0. The fourth-order valence-corrected chi connectivity index (χ4v) is 3.81. The summed E-state index contributed by atoms with van der Waals surface area (Å²) < 4.78 is 5.58. The molecule has 1 aromatic rings. The van der Waals surface area contributed by atoms with Crippen molar-refractivity contribution in [2.75, 3.05) is 26.7 Å². The van der Waals surface area contributed by atoms with Crippen molar-refractivity contribution in [3.63, 3.8) is 0 Å². The van der Waals surface area contributed by atoms with Crippen LogP contribution in [0.25, 0.3) is 0 Å². The fourth-order valence-electron chi connectivity index (χ4n) is 3.81. The Morgan fingerprint density at radius 3 is 2.66 bits per heavy atom. The molecule has 0 saturated carbocycles. The molecule has 4 rings (SSSR count). The molecule has 2 N–H and O–H groups in total. The Hall–Kier alpha value is -3.20. The molecule has 4 amide bonds. The van der Waals surface area contributed by atoms with Crippen LogP contribution in [0.2, 0.25) is 0 Å². The van der Waals surface area contributed by atoms with Crippen LogP contribution >= 0.6 is 0 Å². The zero-order chi connectivity index (χ0) is 20.5. The average Bonchev–Trinajstić information content (AvgIpc) is 2.93. The fraction of sp³-hybridized carbons (Fsp3) is 0.400. The van der Waals surface area contributed by atoms with Gasteiger partial charge >= 0.3 is 0 Å². The maximum absolute atomic E-state index is 12.9. The molecular formula is C20H22N4O5. The Kier molecular flexibility index (Phi) is 5.06. The van der Waals surface area contributed by atoms with Gasteiger partial charge in [-0.1, -0.05) is 6.07 Å². The molecule has 1 saturated heterocycles. The minimum atomic E-state index is -0.950. The van der Waals surface area contributed by atoms with E-state index < -0.39 is 23.8 Å². The van der Waals surface area contributed by atoms with E-state index in [-0.39, 0.29) is 24.3 Å². The first-order valence-corrected chi connectivity index (χ1v) is 9.52. The van der Waals surface area contributed by atoms with Crippen molar-refractivity contribution in [2.45, 2.75) is 25.4 Å². The van der Waals surface area contributed by atoms with Crippen LogP contribution in [0.1, 0.15) is 39.1 Å². The molecule has 29 heavy (non-hydrogen) atoms. The van der Waals surface area contributed by atoms with Gasteiger partial charge in [-0.2, -0.15) is 0 Å². The van der Waals surface area contributed by atoms with Crippen molar-refractivity contribution in [1.29, 1.82) is 0 Å². The van der Waals surface area contributed by atoms with Gasteiger partial charge in [0.15, 0.2) is 0 Å². The second-order valence-electron chi connectivity index (χ2n) is 7.41. The van der Waals surface area contributed by atoms with Crippen LogP contribution < -0.4 is 10.6 Å². The van der Waals surface area contributed by atoms with Crippen molar-refractivity contribution >= 4 is 23.6 Å². The highest BCUT2D eigenvalue weighted by atomic mass is 16.5. The van der Waals surface area contributed by atoms with Gasteiger partial charge in [0.1, 0.15) is 18.4 Å². The second kappa shape index (κ2) is 7.67. The summed E-state index contributed by atoms with van der Waals surface area (Å²) in [6, 6.07) is 4.19. The molecule has 1 unspecified atom stereocenters. The highest BCUT2D eigenvalue weighted by Gasteiger charge is 2.44. The van der Waals surface area contributed by atoms with E-state index in [1.54, 1.807) is 12.1 Å². The summed E-state index contributed by atoms with van der Waals surface area (Å²) in [6.07, 6.45) is 2.10. The molecule has 9 heteroatoms. The number of fused-ring (bicyclic) bond motifs is 1. The highest BCUT2D eigenvalue weighted by Crippen LogP contribution is 2.28. The third-order valence-electron chi connectivity index (χ3n) is 5.18. The summed E-state index contributed by atoms with van der Waals surface area (Å²) in [7, 11) is 1.94. The van der Waals surface area contributed by atoms with E-state index in [0.717, 1.165) is 22.8 Å². The molecule has 152 valence electrons. The Morgan fingerprint density at radius 1 is 1.14 bits per heavy atom. The van der Waals surface area contributed by atoms with E-state index >= 15 is 0 Å². The first-order valence-electron chi connectivity index (χ1n) is 9.52. The van der Waals surface area contributed by atoms with Crippen molar-refractivity contribution in [2.24, 2.45) is 0 Å². The zero-order valence-electron chi connectivity index (χ0n) is 16.1. The molecule has 0 aromatic heterocycles. The molecule has 3 heterocycles. The number of likely N-dealkylation sites (N-methyl/N-ethyl adjacent to an activating group) is 1. The molecule has 1 fully saturated rings. The quantitative estimate of drug-likeness (QED) is 0.671. The van der Waals surface area contributed by atoms with E-state index in [1.165, 1.54) is 0 Å². The van der Waals surface area contributed by atoms with Crippen molar-refractivity contribution in [1.82, 2.24) is 20.4 Å². The summed E-state index contributed by atoms with van der Waals surface area (Å²) in [4.78, 5) is 52.1. The third kappa shape index (κ3) is 3.73. The van der Waals surface area contributed by atoms with Gasteiger partial charge in [0.05, 0.1) is 17.7 Å². The Morgan fingerprint density at radius 2 is 1.93 bits per heavy atom. The molecule has 9 nitrogen and oxygen atoms in total. The van der Waals surface area contributed by atoms with Crippen LogP contribution in [-0.2, 0) is 20.9 Å². The summed E-state index contributed by atoms with van der Waals surface area (Å²) in [5.41, 5.74) is 1.45. The monoisotopic (exact) mass is 398 g/mol. The Balaban J connectivity index is 1.49. The molecule has 0 aliphatic carbocycles. The van der Waals surface area contributed by atoms with Crippen LogP contribution in [0.4, 0.5) is 0 Å². The molecule has 3 aliphatic rings. The van der Waals surface area contributed by atoms with E-state index in [1.807, 2.05) is 24.2 Å². The summed E-state index contributed by atoms with van der Waals surface area (Å²) in [5.74, 6) is -1.14. The number of amides is 4. The molecule has 1 atom stereocenters. The maximum Gasteiger partial charge on any atom is 0.262 e. The molecule has 1 aromatic carbocycles. The predicted octanol–water partition coefficient (Wildman–Crippen LogP) is -0.0192. The number of imide groups is 2. The van der Waals surface area contributed by atoms with Gasteiger partial charge in [-0.3, -0.25) is 34.3 Å². The average molecular weight is 398 g/mol. The minimum Gasteiger partial charge on any atom is -0.493 e.